The quantitative estimate of drug-likeness (QED) is 0.794. The molecule has 0 radical (unpaired) electrons. The first-order chi connectivity index (χ1) is 8.68. The molecule has 1 aliphatic carbocycles. The van der Waals surface area contributed by atoms with E-state index in [0.717, 1.165) is 29.8 Å². The van der Waals surface area contributed by atoms with Gasteiger partial charge in [0.2, 0.25) is 0 Å². The van der Waals surface area contributed by atoms with Gasteiger partial charge in [0.15, 0.2) is 11.0 Å². The van der Waals surface area contributed by atoms with E-state index in [1.54, 1.807) is 0 Å². The molecule has 2 heterocycles. The molecular formula is C13H15ClN4. The summed E-state index contributed by atoms with van der Waals surface area (Å²) in [5.74, 6) is 0.854. The van der Waals surface area contributed by atoms with Gasteiger partial charge in [0.1, 0.15) is 6.33 Å². The van der Waals surface area contributed by atoms with Gasteiger partial charge in [-0.25, -0.2) is 4.98 Å². The van der Waals surface area contributed by atoms with Crippen molar-refractivity contribution in [3.8, 4) is 5.82 Å². The van der Waals surface area contributed by atoms with Crippen LogP contribution in [0.5, 0.6) is 0 Å². The number of hydrogen-bond acceptors (Lipinski definition) is 3. The Kier molecular flexibility index (Phi) is 2.82. The molecule has 0 aliphatic heterocycles. The van der Waals surface area contributed by atoms with Crippen molar-refractivity contribution in [2.24, 2.45) is 0 Å². The highest BCUT2D eigenvalue weighted by Crippen LogP contribution is 2.25. The third kappa shape index (κ3) is 1.72. The molecule has 0 unspecified atom stereocenters. The Morgan fingerprint density at radius 2 is 1.89 bits per heavy atom. The first-order valence-corrected chi connectivity index (χ1v) is 6.61. The maximum absolute atomic E-state index is 5.99. The number of halogens is 1. The summed E-state index contributed by atoms with van der Waals surface area (Å²) in [6.45, 7) is 4.00. The largest absolute Gasteiger partial charge is 0.285 e. The van der Waals surface area contributed by atoms with Crippen LogP contribution in [0.3, 0.4) is 0 Å². The van der Waals surface area contributed by atoms with Gasteiger partial charge in [-0.15, -0.1) is 10.2 Å². The molecule has 5 heteroatoms. The number of fused-ring (bicyclic) bond motifs is 1. The summed E-state index contributed by atoms with van der Waals surface area (Å²) >= 11 is 5.99. The van der Waals surface area contributed by atoms with Crippen LogP contribution in [0.4, 0.5) is 0 Å². The van der Waals surface area contributed by atoms with Gasteiger partial charge in [-0.05, 0) is 45.1 Å². The average molecular weight is 263 g/mol. The van der Waals surface area contributed by atoms with Gasteiger partial charge < -0.3 is 0 Å². The second-order valence-electron chi connectivity index (χ2n) is 4.78. The van der Waals surface area contributed by atoms with Crippen LogP contribution in [0.25, 0.3) is 5.82 Å². The molecule has 0 spiro atoms. The van der Waals surface area contributed by atoms with Gasteiger partial charge in [0.25, 0.3) is 0 Å². The van der Waals surface area contributed by atoms with E-state index in [4.69, 9.17) is 11.6 Å². The van der Waals surface area contributed by atoms with Crippen LogP contribution >= 0.6 is 11.6 Å². The standard InChI is InChI=1S/C13H15ClN4/c1-8-9(2)13(17-16-12(8)14)18-7-15-10-5-3-4-6-11(10)18/h7H,3-6H2,1-2H3. The van der Waals surface area contributed by atoms with Gasteiger partial charge >= 0.3 is 0 Å². The highest BCUT2D eigenvalue weighted by Gasteiger charge is 2.19. The zero-order valence-corrected chi connectivity index (χ0v) is 11.3. The van der Waals surface area contributed by atoms with E-state index in [1.807, 2.05) is 20.2 Å². The summed E-state index contributed by atoms with van der Waals surface area (Å²) < 4.78 is 2.07. The predicted molar refractivity (Wildman–Crippen MR) is 70.3 cm³/mol. The Bertz CT molecular complexity index is 603. The monoisotopic (exact) mass is 262 g/mol. The van der Waals surface area contributed by atoms with Crippen molar-refractivity contribution in [2.75, 3.05) is 0 Å². The van der Waals surface area contributed by atoms with Crippen LogP contribution in [-0.4, -0.2) is 19.7 Å². The second-order valence-corrected chi connectivity index (χ2v) is 5.14. The highest BCUT2D eigenvalue weighted by molar-refractivity contribution is 6.30. The van der Waals surface area contributed by atoms with Crippen molar-refractivity contribution < 1.29 is 0 Å². The summed E-state index contributed by atoms with van der Waals surface area (Å²) in [7, 11) is 0. The smallest absolute Gasteiger partial charge is 0.164 e. The fraction of sp³-hybridized carbons (Fsp3) is 0.462. The van der Waals surface area contributed by atoms with Gasteiger partial charge in [-0.1, -0.05) is 11.6 Å². The lowest BCUT2D eigenvalue weighted by Gasteiger charge is -2.15. The fourth-order valence-electron chi connectivity index (χ4n) is 2.44. The zero-order valence-electron chi connectivity index (χ0n) is 10.6. The van der Waals surface area contributed by atoms with E-state index in [-0.39, 0.29) is 0 Å². The number of aromatic nitrogens is 4. The van der Waals surface area contributed by atoms with Gasteiger partial charge in [0.05, 0.1) is 5.69 Å². The van der Waals surface area contributed by atoms with Crippen molar-refractivity contribution in [1.82, 2.24) is 19.7 Å². The molecule has 0 amide bonds. The molecule has 0 fully saturated rings. The molecule has 94 valence electrons. The van der Waals surface area contributed by atoms with Crippen molar-refractivity contribution >= 4 is 11.6 Å². The second kappa shape index (κ2) is 4.35. The number of nitrogens with zero attached hydrogens (tertiary/aromatic N) is 4. The number of hydrogen-bond donors (Lipinski definition) is 0. The van der Waals surface area contributed by atoms with E-state index in [2.05, 4.69) is 19.7 Å². The maximum atomic E-state index is 5.99. The molecule has 18 heavy (non-hydrogen) atoms. The molecule has 2 aromatic rings. The Labute approximate surface area is 111 Å². The van der Waals surface area contributed by atoms with Crippen LogP contribution in [0.2, 0.25) is 5.15 Å². The van der Waals surface area contributed by atoms with E-state index >= 15 is 0 Å². The highest BCUT2D eigenvalue weighted by atomic mass is 35.5. The molecular weight excluding hydrogens is 248 g/mol. The van der Waals surface area contributed by atoms with E-state index in [0.29, 0.717) is 5.15 Å². The Balaban J connectivity index is 2.16. The summed E-state index contributed by atoms with van der Waals surface area (Å²) in [5, 5.41) is 8.72. The molecule has 0 saturated heterocycles. The third-order valence-electron chi connectivity index (χ3n) is 3.70. The lowest BCUT2D eigenvalue weighted by atomic mass is 10.0. The molecule has 0 saturated carbocycles. The van der Waals surface area contributed by atoms with Crippen LogP contribution in [-0.2, 0) is 12.8 Å². The van der Waals surface area contributed by atoms with Crippen molar-refractivity contribution in [3.05, 3.63) is 34.0 Å². The van der Waals surface area contributed by atoms with E-state index < -0.39 is 0 Å². The van der Waals surface area contributed by atoms with Gasteiger partial charge in [-0.2, -0.15) is 0 Å². The third-order valence-corrected chi connectivity index (χ3v) is 4.06. The molecule has 2 aromatic heterocycles. The van der Waals surface area contributed by atoms with Gasteiger partial charge in [-0.3, -0.25) is 4.57 Å². The number of aryl methyl sites for hydroxylation is 1. The van der Waals surface area contributed by atoms with Gasteiger partial charge in [0, 0.05) is 11.3 Å². The molecule has 0 N–H and O–H groups in total. The minimum Gasteiger partial charge on any atom is -0.285 e. The maximum Gasteiger partial charge on any atom is 0.164 e. The Hall–Kier alpha value is -1.42. The van der Waals surface area contributed by atoms with Crippen LogP contribution in [0.15, 0.2) is 6.33 Å². The first-order valence-electron chi connectivity index (χ1n) is 6.23. The SMILES string of the molecule is Cc1c(Cl)nnc(-n2cnc3c2CCCC3)c1C. The van der Waals surface area contributed by atoms with Crippen LogP contribution < -0.4 is 0 Å². The molecule has 0 bridgehead atoms. The normalized spacial score (nSPS) is 14.6. The molecule has 0 atom stereocenters. The van der Waals surface area contributed by atoms with Crippen molar-refractivity contribution in [3.63, 3.8) is 0 Å². The summed E-state index contributed by atoms with van der Waals surface area (Å²) in [4.78, 5) is 4.49. The lowest BCUT2D eigenvalue weighted by molar-refractivity contribution is 0.652. The molecule has 0 aromatic carbocycles. The number of imidazole rings is 1. The molecule has 4 nitrogen and oxygen atoms in total. The van der Waals surface area contributed by atoms with Crippen LogP contribution in [0.1, 0.15) is 35.4 Å². The van der Waals surface area contributed by atoms with Crippen LogP contribution in [0, 0.1) is 13.8 Å². The molecule has 3 rings (SSSR count). The minimum absolute atomic E-state index is 0.477. The summed E-state index contributed by atoms with van der Waals surface area (Å²) in [5.41, 5.74) is 4.54. The fourth-order valence-corrected chi connectivity index (χ4v) is 2.62. The summed E-state index contributed by atoms with van der Waals surface area (Å²) in [6.07, 6.45) is 6.45. The minimum atomic E-state index is 0.477. The number of rotatable bonds is 1. The topological polar surface area (TPSA) is 43.6 Å². The van der Waals surface area contributed by atoms with Crippen molar-refractivity contribution in [2.45, 2.75) is 39.5 Å². The van der Waals surface area contributed by atoms with E-state index in [9.17, 15) is 0 Å². The Morgan fingerprint density at radius 3 is 2.72 bits per heavy atom. The van der Waals surface area contributed by atoms with Crippen molar-refractivity contribution in [1.29, 1.82) is 0 Å². The lowest BCUT2D eigenvalue weighted by Crippen LogP contribution is -2.10. The Morgan fingerprint density at radius 1 is 1.11 bits per heavy atom. The van der Waals surface area contributed by atoms with E-state index in [1.165, 1.54) is 24.2 Å². The first kappa shape index (κ1) is 11.7. The average Bonchev–Trinajstić information content (AvgIpc) is 2.80. The zero-order chi connectivity index (χ0) is 12.7. The predicted octanol–water partition coefficient (Wildman–Crippen LogP) is 2.81. The summed E-state index contributed by atoms with van der Waals surface area (Å²) in [6, 6.07) is 0. The molecule has 1 aliphatic rings.